The molecule has 0 fully saturated rings. The molecule has 4 aromatic heterocycles. The molecule has 28 heavy (non-hydrogen) atoms. The summed E-state index contributed by atoms with van der Waals surface area (Å²) in [5.74, 6) is 0.895. The van der Waals surface area contributed by atoms with E-state index >= 15 is 0 Å². The molecule has 132 valence electrons. The summed E-state index contributed by atoms with van der Waals surface area (Å²) in [6.07, 6.45) is 7.26. The molecule has 0 unspecified atom stereocenters. The molecule has 0 amide bonds. The zero-order valence-corrected chi connectivity index (χ0v) is 14.9. The Morgan fingerprint density at radius 2 is 1.61 bits per heavy atom. The van der Waals surface area contributed by atoms with Crippen molar-refractivity contribution in [1.29, 1.82) is 0 Å². The van der Waals surface area contributed by atoms with Gasteiger partial charge in [-0.1, -0.05) is 18.2 Å². The van der Waals surface area contributed by atoms with Gasteiger partial charge in [0, 0.05) is 40.3 Å². The van der Waals surface area contributed by atoms with E-state index in [1.54, 1.807) is 18.7 Å². The lowest BCUT2D eigenvalue weighted by Gasteiger charge is -2.08. The van der Waals surface area contributed by atoms with Gasteiger partial charge < -0.3 is 4.42 Å². The van der Waals surface area contributed by atoms with Crippen LogP contribution in [-0.4, -0.2) is 14.5 Å². The van der Waals surface area contributed by atoms with Crippen LogP contribution in [-0.2, 0) is 0 Å². The molecular formula is C24H15N3O. The number of aromatic nitrogens is 3. The molecule has 0 aliphatic heterocycles. The topological polar surface area (TPSA) is 43.9 Å². The summed E-state index contributed by atoms with van der Waals surface area (Å²) >= 11 is 0. The van der Waals surface area contributed by atoms with Crippen molar-refractivity contribution in [3.63, 3.8) is 0 Å². The Balaban J connectivity index is 1.63. The van der Waals surface area contributed by atoms with E-state index in [4.69, 9.17) is 9.40 Å². The van der Waals surface area contributed by atoms with Gasteiger partial charge in [0.1, 0.15) is 11.4 Å². The Labute approximate surface area is 160 Å². The van der Waals surface area contributed by atoms with Gasteiger partial charge in [-0.15, -0.1) is 0 Å². The summed E-state index contributed by atoms with van der Waals surface area (Å²) in [6, 6.07) is 22.8. The van der Waals surface area contributed by atoms with Crippen LogP contribution in [0.25, 0.3) is 49.7 Å². The largest absolute Gasteiger partial charge is 0.464 e. The van der Waals surface area contributed by atoms with Gasteiger partial charge in [0.2, 0.25) is 0 Å². The van der Waals surface area contributed by atoms with Crippen LogP contribution >= 0.6 is 0 Å². The van der Waals surface area contributed by atoms with Crippen molar-refractivity contribution >= 4 is 32.8 Å². The van der Waals surface area contributed by atoms with Crippen molar-refractivity contribution in [3.05, 3.63) is 91.6 Å². The lowest BCUT2D eigenvalue weighted by atomic mass is 10.1. The summed E-state index contributed by atoms with van der Waals surface area (Å²) in [5, 5.41) is 3.52. The summed E-state index contributed by atoms with van der Waals surface area (Å²) in [4.78, 5) is 8.87. The van der Waals surface area contributed by atoms with Crippen molar-refractivity contribution in [3.8, 4) is 16.9 Å². The van der Waals surface area contributed by atoms with E-state index in [0.717, 1.165) is 38.9 Å². The molecule has 0 saturated carbocycles. The van der Waals surface area contributed by atoms with E-state index in [1.807, 2.05) is 30.5 Å². The number of rotatable bonds is 2. The molecule has 4 heterocycles. The Kier molecular flexibility index (Phi) is 3.14. The van der Waals surface area contributed by atoms with Crippen molar-refractivity contribution in [1.82, 2.24) is 14.5 Å². The van der Waals surface area contributed by atoms with Gasteiger partial charge >= 0.3 is 0 Å². The minimum Gasteiger partial charge on any atom is -0.464 e. The Morgan fingerprint density at radius 3 is 2.46 bits per heavy atom. The molecule has 0 aliphatic carbocycles. The predicted molar refractivity (Wildman–Crippen MR) is 112 cm³/mol. The minimum atomic E-state index is 0.895. The lowest BCUT2D eigenvalue weighted by molar-refractivity contribution is 0.616. The quantitative estimate of drug-likeness (QED) is 0.381. The summed E-state index contributed by atoms with van der Waals surface area (Å²) in [6.45, 7) is 0. The molecule has 0 N–H and O–H groups in total. The number of furan rings is 1. The summed E-state index contributed by atoms with van der Waals surface area (Å²) < 4.78 is 7.84. The number of hydrogen-bond donors (Lipinski definition) is 0. The molecule has 6 rings (SSSR count). The molecule has 0 bridgehead atoms. The van der Waals surface area contributed by atoms with Gasteiger partial charge in [-0.05, 0) is 54.1 Å². The van der Waals surface area contributed by atoms with Gasteiger partial charge in [0.25, 0.3) is 0 Å². The third-order valence-electron chi connectivity index (χ3n) is 5.26. The van der Waals surface area contributed by atoms with Gasteiger partial charge in [-0.25, -0.2) is 4.98 Å². The number of hydrogen-bond acceptors (Lipinski definition) is 3. The van der Waals surface area contributed by atoms with Crippen LogP contribution in [0.15, 0.2) is 96.0 Å². The second-order valence-corrected chi connectivity index (χ2v) is 6.79. The highest BCUT2D eigenvalue weighted by Gasteiger charge is 2.16. The Hall–Kier alpha value is -3.92. The van der Waals surface area contributed by atoms with E-state index < -0.39 is 0 Å². The van der Waals surface area contributed by atoms with Gasteiger partial charge in [-0.3, -0.25) is 9.55 Å². The first-order valence-electron chi connectivity index (χ1n) is 9.16. The lowest BCUT2D eigenvalue weighted by Crippen LogP contribution is -1.97. The maximum absolute atomic E-state index is 5.62. The third kappa shape index (κ3) is 2.12. The minimum absolute atomic E-state index is 0.895. The highest BCUT2D eigenvalue weighted by molar-refractivity contribution is 6.20. The number of benzene rings is 2. The van der Waals surface area contributed by atoms with Crippen LogP contribution in [0.3, 0.4) is 0 Å². The van der Waals surface area contributed by atoms with E-state index in [9.17, 15) is 0 Å². The first-order valence-corrected chi connectivity index (χ1v) is 9.16. The molecule has 6 aromatic rings. The molecule has 0 spiro atoms. The summed E-state index contributed by atoms with van der Waals surface area (Å²) in [5.41, 5.74) is 5.34. The number of para-hydroxylation sites is 1. The second kappa shape index (κ2) is 5.79. The zero-order chi connectivity index (χ0) is 18.5. The van der Waals surface area contributed by atoms with Crippen LogP contribution in [0.4, 0.5) is 0 Å². The molecule has 0 atom stereocenters. The van der Waals surface area contributed by atoms with Crippen LogP contribution in [0, 0.1) is 0 Å². The van der Waals surface area contributed by atoms with Crippen LogP contribution in [0.5, 0.6) is 0 Å². The molecular weight excluding hydrogens is 346 g/mol. The summed E-state index contributed by atoms with van der Waals surface area (Å²) in [7, 11) is 0. The first-order chi connectivity index (χ1) is 13.9. The first kappa shape index (κ1) is 15.2. The second-order valence-electron chi connectivity index (χ2n) is 6.79. The highest BCUT2D eigenvalue weighted by atomic mass is 16.3. The van der Waals surface area contributed by atoms with Crippen molar-refractivity contribution in [2.24, 2.45) is 0 Å². The van der Waals surface area contributed by atoms with Gasteiger partial charge in [0.15, 0.2) is 0 Å². The van der Waals surface area contributed by atoms with E-state index in [0.29, 0.717) is 0 Å². The van der Waals surface area contributed by atoms with Gasteiger partial charge in [-0.2, -0.15) is 0 Å². The standard InChI is InChI=1S/C24H15N3O/c1-2-4-20-18(3-1)24-19-11-14-28-22(19)7-6-21(24)27(20)23-8-5-17(15-26-23)16-9-12-25-13-10-16/h1-15H. The maximum atomic E-state index is 5.62. The monoisotopic (exact) mass is 361 g/mol. The van der Waals surface area contributed by atoms with E-state index in [-0.39, 0.29) is 0 Å². The molecule has 4 heteroatoms. The fourth-order valence-corrected chi connectivity index (χ4v) is 3.99. The van der Waals surface area contributed by atoms with E-state index in [2.05, 4.69) is 52.0 Å². The van der Waals surface area contributed by atoms with Crippen LogP contribution in [0.1, 0.15) is 0 Å². The number of fused-ring (bicyclic) bond motifs is 5. The molecule has 0 radical (unpaired) electrons. The van der Waals surface area contributed by atoms with Crippen molar-refractivity contribution in [2.75, 3.05) is 0 Å². The van der Waals surface area contributed by atoms with Gasteiger partial charge in [0.05, 0.1) is 17.3 Å². The Bertz CT molecular complexity index is 1440. The van der Waals surface area contributed by atoms with Crippen LogP contribution < -0.4 is 0 Å². The normalized spacial score (nSPS) is 11.6. The fourth-order valence-electron chi connectivity index (χ4n) is 3.99. The third-order valence-corrected chi connectivity index (χ3v) is 5.26. The van der Waals surface area contributed by atoms with Crippen LogP contribution in [0.2, 0.25) is 0 Å². The van der Waals surface area contributed by atoms with E-state index in [1.165, 1.54) is 10.8 Å². The molecule has 0 aliphatic rings. The smallest absolute Gasteiger partial charge is 0.137 e. The maximum Gasteiger partial charge on any atom is 0.137 e. The molecule has 2 aromatic carbocycles. The highest BCUT2D eigenvalue weighted by Crippen LogP contribution is 2.36. The number of nitrogens with zero attached hydrogens (tertiary/aromatic N) is 3. The number of pyridine rings is 2. The fraction of sp³-hybridized carbons (Fsp3) is 0. The van der Waals surface area contributed by atoms with Crippen molar-refractivity contribution < 1.29 is 4.42 Å². The predicted octanol–water partition coefficient (Wildman–Crippen LogP) is 5.99. The zero-order valence-electron chi connectivity index (χ0n) is 14.9. The SMILES string of the molecule is c1ccc2c(c1)c1c3ccoc3ccc1n2-c1ccc(-c2ccncc2)cn1. The average molecular weight is 361 g/mol. The average Bonchev–Trinajstić information content (AvgIpc) is 3.36. The molecule has 4 nitrogen and oxygen atoms in total. The Morgan fingerprint density at radius 1 is 0.714 bits per heavy atom. The van der Waals surface area contributed by atoms with Crippen molar-refractivity contribution in [2.45, 2.75) is 0 Å². The molecule has 0 saturated heterocycles.